The van der Waals surface area contributed by atoms with E-state index in [4.69, 9.17) is 0 Å². The van der Waals surface area contributed by atoms with E-state index in [0.29, 0.717) is 0 Å². The summed E-state index contributed by atoms with van der Waals surface area (Å²) in [5.74, 6) is 0.718. The van der Waals surface area contributed by atoms with Gasteiger partial charge in [-0.2, -0.15) is 0 Å². The van der Waals surface area contributed by atoms with E-state index in [-0.39, 0.29) is 0 Å². The molecule has 0 saturated heterocycles. The van der Waals surface area contributed by atoms with E-state index in [1.807, 2.05) is 0 Å². The molecule has 0 atom stereocenters. The van der Waals surface area contributed by atoms with E-state index in [1.165, 1.54) is 49.8 Å². The number of unbranched alkanes of at least 4 members (excludes halogenated alkanes) is 1. The van der Waals surface area contributed by atoms with E-state index in [1.54, 1.807) is 0 Å². The van der Waals surface area contributed by atoms with Gasteiger partial charge in [-0.25, -0.2) is 0 Å². The van der Waals surface area contributed by atoms with Crippen LogP contribution in [0.4, 0.5) is 0 Å². The average molecular weight is 274 g/mol. The van der Waals surface area contributed by atoms with E-state index in [9.17, 15) is 0 Å². The predicted octanol–water partition coefficient (Wildman–Crippen LogP) is 3.51. The van der Waals surface area contributed by atoms with Crippen molar-refractivity contribution in [2.75, 3.05) is 13.1 Å². The van der Waals surface area contributed by atoms with Crippen molar-refractivity contribution in [2.24, 2.45) is 5.92 Å². The van der Waals surface area contributed by atoms with Crippen LogP contribution >= 0.6 is 0 Å². The third kappa shape index (κ3) is 6.06. The Labute approximate surface area is 124 Å². The summed E-state index contributed by atoms with van der Waals surface area (Å²) >= 11 is 0. The molecule has 1 saturated carbocycles. The minimum absolute atomic E-state index is 0.718. The van der Waals surface area contributed by atoms with Crippen LogP contribution in [0.15, 0.2) is 24.3 Å². The Morgan fingerprint density at radius 1 is 1.10 bits per heavy atom. The van der Waals surface area contributed by atoms with Gasteiger partial charge < -0.3 is 10.6 Å². The molecule has 1 aromatic rings. The van der Waals surface area contributed by atoms with Gasteiger partial charge in [0.15, 0.2) is 0 Å². The zero-order valence-corrected chi connectivity index (χ0v) is 13.1. The molecule has 2 nitrogen and oxygen atoms in total. The molecule has 1 aromatic carbocycles. The zero-order valence-electron chi connectivity index (χ0n) is 13.1. The van der Waals surface area contributed by atoms with Gasteiger partial charge >= 0.3 is 0 Å². The fourth-order valence-corrected chi connectivity index (χ4v) is 2.50. The van der Waals surface area contributed by atoms with Gasteiger partial charge in [0.1, 0.15) is 0 Å². The molecule has 0 amide bonds. The molecule has 1 fully saturated rings. The molecular weight excluding hydrogens is 244 g/mol. The fourth-order valence-electron chi connectivity index (χ4n) is 2.50. The summed E-state index contributed by atoms with van der Waals surface area (Å²) in [6, 6.07) is 9.74. The van der Waals surface area contributed by atoms with Crippen LogP contribution < -0.4 is 10.6 Å². The lowest BCUT2D eigenvalue weighted by Crippen LogP contribution is -2.20. The van der Waals surface area contributed by atoms with Gasteiger partial charge in [0.25, 0.3) is 0 Å². The van der Waals surface area contributed by atoms with Gasteiger partial charge in [0.05, 0.1) is 0 Å². The molecule has 0 spiro atoms. The minimum Gasteiger partial charge on any atom is -0.314 e. The Balaban J connectivity index is 1.68. The molecule has 1 aliphatic rings. The van der Waals surface area contributed by atoms with Crippen molar-refractivity contribution in [3.8, 4) is 0 Å². The lowest BCUT2D eigenvalue weighted by atomic mass is 10.0. The summed E-state index contributed by atoms with van der Waals surface area (Å²) in [6.45, 7) is 7.81. The van der Waals surface area contributed by atoms with Crippen molar-refractivity contribution in [2.45, 2.75) is 58.5 Å². The highest BCUT2D eigenvalue weighted by molar-refractivity contribution is 5.27. The number of hydrogen-bond donors (Lipinski definition) is 2. The largest absolute Gasteiger partial charge is 0.314 e. The molecule has 0 radical (unpaired) electrons. The molecule has 0 bridgehead atoms. The molecule has 1 aliphatic carbocycles. The Hall–Kier alpha value is -0.860. The van der Waals surface area contributed by atoms with Crippen molar-refractivity contribution >= 4 is 0 Å². The Morgan fingerprint density at radius 3 is 2.55 bits per heavy atom. The third-order valence-electron chi connectivity index (χ3n) is 3.87. The molecule has 20 heavy (non-hydrogen) atoms. The molecule has 2 rings (SSSR count). The maximum absolute atomic E-state index is 3.59. The van der Waals surface area contributed by atoms with Gasteiger partial charge in [-0.05, 0) is 62.2 Å². The van der Waals surface area contributed by atoms with Crippen LogP contribution in [0.3, 0.4) is 0 Å². The Bertz CT molecular complexity index is 383. The smallest absolute Gasteiger partial charge is 0.0208 e. The fraction of sp³-hybridized carbons (Fsp3) is 0.667. The summed E-state index contributed by atoms with van der Waals surface area (Å²) in [6.07, 6.45) is 6.59. The van der Waals surface area contributed by atoms with Crippen LogP contribution in [0.2, 0.25) is 0 Å². The second-order valence-electron chi connectivity index (χ2n) is 6.48. The lowest BCUT2D eigenvalue weighted by molar-refractivity contribution is 0.550. The summed E-state index contributed by atoms with van der Waals surface area (Å²) < 4.78 is 0. The van der Waals surface area contributed by atoms with Gasteiger partial charge in [-0.3, -0.25) is 0 Å². The second-order valence-corrected chi connectivity index (χ2v) is 6.48. The quantitative estimate of drug-likeness (QED) is 0.638. The summed E-state index contributed by atoms with van der Waals surface area (Å²) in [5.41, 5.74) is 3.00. The minimum atomic E-state index is 0.718. The highest BCUT2D eigenvalue weighted by atomic mass is 14.9. The normalized spacial score (nSPS) is 14.9. The monoisotopic (exact) mass is 274 g/mol. The molecule has 0 heterocycles. The number of nitrogens with one attached hydrogen (secondary N) is 2. The number of benzene rings is 1. The number of rotatable bonds is 10. The zero-order chi connectivity index (χ0) is 14.2. The summed E-state index contributed by atoms with van der Waals surface area (Å²) in [4.78, 5) is 0. The van der Waals surface area contributed by atoms with Crippen LogP contribution in [-0.4, -0.2) is 19.1 Å². The molecule has 0 unspecified atom stereocenters. The first-order valence-electron chi connectivity index (χ1n) is 8.26. The van der Waals surface area contributed by atoms with E-state index in [2.05, 4.69) is 48.7 Å². The van der Waals surface area contributed by atoms with Gasteiger partial charge in [0, 0.05) is 12.6 Å². The molecule has 2 N–H and O–H groups in total. The Kier molecular flexibility index (Phi) is 6.55. The van der Waals surface area contributed by atoms with Crippen LogP contribution in [0.1, 0.15) is 50.7 Å². The van der Waals surface area contributed by atoms with Crippen LogP contribution in [0.5, 0.6) is 0 Å². The number of hydrogen-bond acceptors (Lipinski definition) is 2. The first kappa shape index (κ1) is 15.5. The highest BCUT2D eigenvalue weighted by Crippen LogP contribution is 2.18. The van der Waals surface area contributed by atoms with Crippen molar-refractivity contribution in [1.29, 1.82) is 0 Å². The number of aryl methyl sites for hydroxylation is 1. The average Bonchev–Trinajstić information content (AvgIpc) is 3.24. The van der Waals surface area contributed by atoms with Crippen molar-refractivity contribution < 1.29 is 0 Å². The maximum atomic E-state index is 3.59. The van der Waals surface area contributed by atoms with Crippen LogP contribution in [-0.2, 0) is 13.0 Å². The Morgan fingerprint density at radius 2 is 1.85 bits per heavy atom. The lowest BCUT2D eigenvalue weighted by Gasteiger charge is -2.12. The van der Waals surface area contributed by atoms with E-state index in [0.717, 1.165) is 25.0 Å². The van der Waals surface area contributed by atoms with Gasteiger partial charge in [-0.1, -0.05) is 38.1 Å². The van der Waals surface area contributed by atoms with Gasteiger partial charge in [-0.15, -0.1) is 0 Å². The summed E-state index contributed by atoms with van der Waals surface area (Å²) in [7, 11) is 0. The van der Waals surface area contributed by atoms with Crippen molar-refractivity contribution in [3.63, 3.8) is 0 Å². The first-order chi connectivity index (χ1) is 9.75. The first-order valence-corrected chi connectivity index (χ1v) is 8.26. The summed E-state index contributed by atoms with van der Waals surface area (Å²) in [5, 5.41) is 7.15. The maximum Gasteiger partial charge on any atom is 0.0208 e. The van der Waals surface area contributed by atoms with E-state index >= 15 is 0 Å². The second kappa shape index (κ2) is 8.43. The molecule has 112 valence electrons. The highest BCUT2D eigenvalue weighted by Gasteiger charge is 2.19. The van der Waals surface area contributed by atoms with Gasteiger partial charge in [0.2, 0.25) is 0 Å². The predicted molar refractivity (Wildman–Crippen MR) is 86.9 cm³/mol. The molecule has 0 aliphatic heterocycles. The molecular formula is C18H30N2. The third-order valence-corrected chi connectivity index (χ3v) is 3.87. The topological polar surface area (TPSA) is 24.1 Å². The van der Waals surface area contributed by atoms with Crippen LogP contribution in [0, 0.1) is 5.92 Å². The molecule has 0 aromatic heterocycles. The van der Waals surface area contributed by atoms with Crippen molar-refractivity contribution in [3.05, 3.63) is 35.4 Å². The standard InChI is InChI=1S/C18H30N2/c1-15(2)13-19-14-17-9-4-3-7-16(17)8-5-6-12-20-18-10-11-18/h3-4,7,9,15,18-20H,5-6,8,10-14H2,1-2H3. The van der Waals surface area contributed by atoms with Crippen LogP contribution in [0.25, 0.3) is 0 Å². The SMILES string of the molecule is CC(C)CNCc1ccccc1CCCCNC1CC1. The molecule has 2 heteroatoms. The van der Waals surface area contributed by atoms with E-state index < -0.39 is 0 Å². The van der Waals surface area contributed by atoms with Crippen molar-refractivity contribution in [1.82, 2.24) is 10.6 Å².